The van der Waals surface area contributed by atoms with Crippen molar-refractivity contribution in [2.45, 2.75) is 13.8 Å². The first-order valence-corrected chi connectivity index (χ1v) is 8.18. The monoisotopic (exact) mass is 342 g/mol. The lowest BCUT2D eigenvalue weighted by molar-refractivity contribution is 0.575. The Hall–Kier alpha value is -3.36. The van der Waals surface area contributed by atoms with Crippen LogP contribution in [0.15, 0.2) is 60.7 Å². The van der Waals surface area contributed by atoms with Crippen molar-refractivity contribution in [3.63, 3.8) is 0 Å². The first kappa shape index (κ1) is 17.5. The zero-order chi connectivity index (χ0) is 18.5. The summed E-state index contributed by atoms with van der Waals surface area (Å²) in [7, 11) is 0. The van der Waals surface area contributed by atoms with Crippen LogP contribution in [0.3, 0.4) is 0 Å². The van der Waals surface area contributed by atoms with Crippen molar-refractivity contribution in [2.75, 3.05) is 0 Å². The van der Waals surface area contributed by atoms with Crippen LogP contribution in [0, 0.1) is 49.2 Å². The topological polar surface area (TPSA) is 0 Å². The molecular weight excluding hydrogens is 326 g/mol. The van der Waals surface area contributed by atoms with Gasteiger partial charge in [0.2, 0.25) is 0 Å². The SMILES string of the molecule is Cc1ccc(C#Cc2ccc(C#Cc3c(F)cc(C)cc3F)cc2)cc1. The molecule has 0 atom stereocenters. The molecule has 0 aliphatic heterocycles. The van der Waals surface area contributed by atoms with E-state index in [1.807, 2.05) is 43.3 Å². The van der Waals surface area contributed by atoms with E-state index in [9.17, 15) is 8.78 Å². The Morgan fingerprint density at radius 3 is 1.38 bits per heavy atom. The van der Waals surface area contributed by atoms with Gasteiger partial charge in [-0.15, -0.1) is 0 Å². The molecule has 0 spiro atoms. The van der Waals surface area contributed by atoms with E-state index < -0.39 is 11.6 Å². The lowest BCUT2D eigenvalue weighted by Crippen LogP contribution is -1.91. The minimum Gasteiger partial charge on any atom is -0.206 e. The van der Waals surface area contributed by atoms with Crippen molar-refractivity contribution in [1.29, 1.82) is 0 Å². The smallest absolute Gasteiger partial charge is 0.142 e. The van der Waals surface area contributed by atoms with Crippen molar-refractivity contribution in [3.05, 3.63) is 106 Å². The molecule has 0 fully saturated rings. The summed E-state index contributed by atoms with van der Waals surface area (Å²) in [4.78, 5) is 0. The number of aryl methyl sites for hydroxylation is 2. The van der Waals surface area contributed by atoms with Crippen molar-refractivity contribution in [2.24, 2.45) is 0 Å². The van der Waals surface area contributed by atoms with Gasteiger partial charge in [0, 0.05) is 16.7 Å². The van der Waals surface area contributed by atoms with Gasteiger partial charge in [0.15, 0.2) is 0 Å². The van der Waals surface area contributed by atoms with Crippen molar-refractivity contribution in [3.8, 4) is 23.7 Å². The summed E-state index contributed by atoms with van der Waals surface area (Å²) in [6.45, 7) is 3.67. The van der Waals surface area contributed by atoms with E-state index in [1.165, 1.54) is 17.7 Å². The molecule has 0 saturated heterocycles. The molecule has 0 nitrogen and oxygen atoms in total. The second kappa shape index (κ2) is 7.68. The van der Waals surface area contributed by atoms with Crippen molar-refractivity contribution >= 4 is 0 Å². The molecule has 3 aromatic rings. The largest absolute Gasteiger partial charge is 0.206 e. The van der Waals surface area contributed by atoms with Gasteiger partial charge in [-0.1, -0.05) is 41.4 Å². The Kier molecular flexibility index (Phi) is 5.16. The van der Waals surface area contributed by atoms with Crippen LogP contribution in [0.25, 0.3) is 0 Å². The van der Waals surface area contributed by atoms with E-state index in [0.29, 0.717) is 11.1 Å². The van der Waals surface area contributed by atoms with E-state index in [4.69, 9.17) is 0 Å². The second-order valence-corrected chi connectivity index (χ2v) is 6.05. The fourth-order valence-electron chi connectivity index (χ4n) is 2.37. The van der Waals surface area contributed by atoms with Gasteiger partial charge in [0.25, 0.3) is 0 Å². The van der Waals surface area contributed by atoms with Gasteiger partial charge >= 0.3 is 0 Å². The van der Waals surface area contributed by atoms with Crippen LogP contribution >= 0.6 is 0 Å². The Labute approximate surface area is 152 Å². The Morgan fingerprint density at radius 2 is 0.923 bits per heavy atom. The van der Waals surface area contributed by atoms with Crippen molar-refractivity contribution < 1.29 is 8.78 Å². The zero-order valence-corrected chi connectivity index (χ0v) is 14.5. The molecule has 0 N–H and O–H groups in total. The maximum Gasteiger partial charge on any atom is 0.142 e. The first-order chi connectivity index (χ1) is 12.5. The van der Waals surface area contributed by atoms with E-state index in [-0.39, 0.29) is 5.56 Å². The summed E-state index contributed by atoms with van der Waals surface area (Å²) in [5.41, 5.74) is 3.99. The fourth-order valence-corrected chi connectivity index (χ4v) is 2.37. The number of hydrogen-bond donors (Lipinski definition) is 0. The van der Waals surface area contributed by atoms with Crippen LogP contribution in [-0.2, 0) is 0 Å². The minimum atomic E-state index is -0.643. The van der Waals surface area contributed by atoms with E-state index in [0.717, 1.165) is 11.1 Å². The third kappa shape index (κ3) is 4.38. The van der Waals surface area contributed by atoms with E-state index in [2.05, 4.69) is 23.7 Å². The lowest BCUT2D eigenvalue weighted by atomic mass is 10.1. The molecule has 0 amide bonds. The Morgan fingerprint density at radius 1 is 0.538 bits per heavy atom. The third-order valence-corrected chi connectivity index (χ3v) is 3.81. The van der Waals surface area contributed by atoms with Crippen LogP contribution in [0.4, 0.5) is 8.78 Å². The molecule has 0 aliphatic carbocycles. The van der Waals surface area contributed by atoms with E-state index in [1.54, 1.807) is 19.1 Å². The molecule has 0 saturated carbocycles. The number of rotatable bonds is 0. The fraction of sp³-hybridized carbons (Fsp3) is 0.0833. The molecular formula is C24H16F2. The van der Waals surface area contributed by atoms with Gasteiger partial charge in [0.05, 0.1) is 5.56 Å². The molecule has 26 heavy (non-hydrogen) atoms. The summed E-state index contributed by atoms with van der Waals surface area (Å²) >= 11 is 0. The molecule has 126 valence electrons. The first-order valence-electron chi connectivity index (χ1n) is 8.18. The zero-order valence-electron chi connectivity index (χ0n) is 14.5. The van der Waals surface area contributed by atoms with Gasteiger partial charge < -0.3 is 0 Å². The Balaban J connectivity index is 1.79. The molecule has 0 bridgehead atoms. The molecule has 2 heteroatoms. The number of halogens is 2. The van der Waals surface area contributed by atoms with Gasteiger partial charge in [0.1, 0.15) is 11.6 Å². The molecule has 3 rings (SSSR count). The van der Waals surface area contributed by atoms with E-state index >= 15 is 0 Å². The number of hydrogen-bond acceptors (Lipinski definition) is 0. The maximum atomic E-state index is 13.8. The highest BCUT2D eigenvalue weighted by Crippen LogP contribution is 2.14. The Bertz CT molecular complexity index is 1030. The van der Waals surface area contributed by atoms with Crippen molar-refractivity contribution in [1.82, 2.24) is 0 Å². The summed E-state index contributed by atoms with van der Waals surface area (Å²) < 4.78 is 27.6. The average molecular weight is 342 g/mol. The third-order valence-electron chi connectivity index (χ3n) is 3.81. The normalized spacial score (nSPS) is 9.69. The summed E-state index contributed by atoms with van der Waals surface area (Å²) in [5.74, 6) is 10.3. The highest BCUT2D eigenvalue weighted by atomic mass is 19.1. The molecule has 0 heterocycles. The van der Waals surface area contributed by atoms with Crippen LogP contribution in [0.2, 0.25) is 0 Å². The van der Waals surface area contributed by atoms with Crippen LogP contribution in [0.5, 0.6) is 0 Å². The summed E-state index contributed by atoms with van der Waals surface area (Å²) in [6, 6.07) is 17.8. The van der Waals surface area contributed by atoms with Crippen LogP contribution < -0.4 is 0 Å². The molecule has 0 aliphatic rings. The summed E-state index contributed by atoms with van der Waals surface area (Å²) in [5, 5.41) is 0. The predicted octanol–water partition coefficient (Wildman–Crippen LogP) is 5.38. The molecule has 0 aromatic heterocycles. The standard InChI is InChI=1S/C24H16F2/c1-17-3-5-19(6-4-17)7-8-20-9-11-21(12-10-20)13-14-22-23(25)15-18(2)16-24(22)26/h3-6,9-12,15-16H,1-2H3. The summed E-state index contributed by atoms with van der Waals surface area (Å²) in [6.07, 6.45) is 0. The van der Waals surface area contributed by atoms with Gasteiger partial charge in [-0.2, -0.15) is 0 Å². The van der Waals surface area contributed by atoms with Crippen LogP contribution in [-0.4, -0.2) is 0 Å². The maximum absolute atomic E-state index is 13.8. The quantitative estimate of drug-likeness (QED) is 0.481. The predicted molar refractivity (Wildman–Crippen MR) is 101 cm³/mol. The second-order valence-electron chi connectivity index (χ2n) is 6.05. The lowest BCUT2D eigenvalue weighted by Gasteiger charge is -1.99. The molecule has 0 unspecified atom stereocenters. The highest BCUT2D eigenvalue weighted by Gasteiger charge is 2.06. The average Bonchev–Trinajstić information content (AvgIpc) is 2.61. The number of benzene rings is 3. The van der Waals surface area contributed by atoms with Crippen LogP contribution in [0.1, 0.15) is 33.4 Å². The van der Waals surface area contributed by atoms with Gasteiger partial charge in [-0.05, 0) is 67.9 Å². The molecule has 0 radical (unpaired) electrons. The van der Waals surface area contributed by atoms with Gasteiger partial charge in [-0.25, -0.2) is 8.78 Å². The minimum absolute atomic E-state index is 0.209. The highest BCUT2D eigenvalue weighted by molar-refractivity contribution is 5.48. The molecule has 3 aromatic carbocycles. The van der Waals surface area contributed by atoms with Gasteiger partial charge in [-0.3, -0.25) is 0 Å².